The molecule has 0 radical (unpaired) electrons. The molecular formula is C9H19FN2O. The van der Waals surface area contributed by atoms with Gasteiger partial charge >= 0.3 is 0 Å². The van der Waals surface area contributed by atoms with Gasteiger partial charge in [0, 0.05) is 25.7 Å². The van der Waals surface area contributed by atoms with Gasteiger partial charge < -0.3 is 10.0 Å². The lowest BCUT2D eigenvalue weighted by molar-refractivity contribution is 0.167. The number of aliphatic hydroxyl groups excluding tert-OH is 1. The second-order valence-electron chi connectivity index (χ2n) is 3.99. The molecule has 4 heteroatoms. The van der Waals surface area contributed by atoms with Crippen LogP contribution in [0.25, 0.3) is 0 Å². The Hall–Kier alpha value is -0.190. The van der Waals surface area contributed by atoms with Crippen LogP contribution in [-0.2, 0) is 0 Å². The summed E-state index contributed by atoms with van der Waals surface area (Å²) in [5, 5.41) is 9.43. The lowest BCUT2D eigenvalue weighted by Gasteiger charge is -2.25. The van der Waals surface area contributed by atoms with Crippen LogP contribution in [0.4, 0.5) is 4.39 Å². The largest absolute Gasteiger partial charge is 0.392 e. The second-order valence-corrected chi connectivity index (χ2v) is 3.99. The molecule has 78 valence electrons. The zero-order valence-corrected chi connectivity index (χ0v) is 8.41. The number of alkyl halides is 1. The summed E-state index contributed by atoms with van der Waals surface area (Å²) in [5.41, 5.74) is 0. The normalized spacial score (nSPS) is 30.2. The first-order valence-corrected chi connectivity index (χ1v) is 4.76. The number of rotatable bonds is 4. The van der Waals surface area contributed by atoms with Crippen LogP contribution in [0.3, 0.4) is 0 Å². The summed E-state index contributed by atoms with van der Waals surface area (Å²) in [6.45, 7) is 1.66. The minimum absolute atomic E-state index is 0.267. The van der Waals surface area contributed by atoms with E-state index in [1.165, 1.54) is 0 Å². The van der Waals surface area contributed by atoms with Crippen molar-refractivity contribution < 1.29 is 9.50 Å². The van der Waals surface area contributed by atoms with Crippen molar-refractivity contribution in [1.29, 1.82) is 0 Å². The van der Waals surface area contributed by atoms with Gasteiger partial charge in [0.1, 0.15) is 6.67 Å². The van der Waals surface area contributed by atoms with Crippen molar-refractivity contribution >= 4 is 0 Å². The maximum Gasteiger partial charge on any atom is 0.102 e. The summed E-state index contributed by atoms with van der Waals surface area (Å²) < 4.78 is 12.1. The van der Waals surface area contributed by atoms with E-state index >= 15 is 0 Å². The number of halogens is 1. The molecular weight excluding hydrogens is 171 g/mol. The molecule has 3 nitrogen and oxygen atoms in total. The number of β-amino-alcohol motifs (C(OH)–C–C–N with tert-alkyl or cyclic N) is 1. The smallest absolute Gasteiger partial charge is 0.102 e. The molecule has 0 saturated carbocycles. The summed E-state index contributed by atoms with van der Waals surface area (Å²) in [4.78, 5) is 4.11. The molecule has 1 fully saturated rings. The minimum Gasteiger partial charge on any atom is -0.392 e. The third-order valence-corrected chi connectivity index (χ3v) is 2.45. The van der Waals surface area contributed by atoms with Gasteiger partial charge in [0.15, 0.2) is 0 Å². The topological polar surface area (TPSA) is 26.7 Å². The summed E-state index contributed by atoms with van der Waals surface area (Å²) >= 11 is 0. The highest BCUT2D eigenvalue weighted by atomic mass is 19.1. The molecule has 1 saturated heterocycles. The van der Waals surface area contributed by atoms with Crippen molar-refractivity contribution in [2.75, 3.05) is 40.4 Å². The van der Waals surface area contributed by atoms with Crippen LogP contribution in [-0.4, -0.2) is 67.5 Å². The van der Waals surface area contributed by atoms with E-state index in [1.807, 2.05) is 19.0 Å². The number of hydrogen-bond donors (Lipinski definition) is 1. The van der Waals surface area contributed by atoms with Crippen LogP contribution < -0.4 is 0 Å². The van der Waals surface area contributed by atoms with Crippen LogP contribution in [0.1, 0.15) is 6.42 Å². The molecule has 1 aliphatic heterocycles. The number of nitrogens with zero attached hydrogens (tertiary/aromatic N) is 2. The van der Waals surface area contributed by atoms with Crippen molar-refractivity contribution in [2.45, 2.75) is 18.6 Å². The molecule has 0 amide bonds. The van der Waals surface area contributed by atoms with Crippen LogP contribution in [0.5, 0.6) is 0 Å². The first-order chi connectivity index (χ1) is 6.13. The molecule has 13 heavy (non-hydrogen) atoms. The van der Waals surface area contributed by atoms with Crippen LogP contribution in [0.15, 0.2) is 0 Å². The Bertz CT molecular complexity index is 155. The van der Waals surface area contributed by atoms with Gasteiger partial charge in [-0.1, -0.05) is 0 Å². The average Bonchev–Trinajstić information content (AvgIpc) is 2.31. The lowest BCUT2D eigenvalue weighted by atomic mass is 10.2. The van der Waals surface area contributed by atoms with E-state index in [4.69, 9.17) is 0 Å². The van der Waals surface area contributed by atoms with Crippen molar-refractivity contribution in [3.05, 3.63) is 0 Å². The molecule has 0 aromatic heterocycles. The minimum atomic E-state index is -0.323. The fourth-order valence-corrected chi connectivity index (χ4v) is 1.95. The van der Waals surface area contributed by atoms with E-state index in [0.29, 0.717) is 19.1 Å². The second kappa shape index (κ2) is 4.88. The van der Waals surface area contributed by atoms with Crippen LogP contribution in [0, 0.1) is 0 Å². The number of hydrogen-bond acceptors (Lipinski definition) is 3. The highest BCUT2D eigenvalue weighted by molar-refractivity contribution is 4.86. The van der Waals surface area contributed by atoms with Crippen molar-refractivity contribution in [3.8, 4) is 0 Å². The Morgan fingerprint density at radius 2 is 2.23 bits per heavy atom. The van der Waals surface area contributed by atoms with Gasteiger partial charge in [-0.15, -0.1) is 0 Å². The average molecular weight is 190 g/mol. The number of likely N-dealkylation sites (N-methyl/N-ethyl adjacent to an activating group) is 1. The van der Waals surface area contributed by atoms with Gasteiger partial charge in [0.05, 0.1) is 6.10 Å². The Morgan fingerprint density at radius 1 is 1.54 bits per heavy atom. The Morgan fingerprint density at radius 3 is 2.77 bits per heavy atom. The predicted molar refractivity (Wildman–Crippen MR) is 50.5 cm³/mol. The summed E-state index contributed by atoms with van der Waals surface area (Å²) in [6.07, 6.45) is 0.509. The van der Waals surface area contributed by atoms with Gasteiger partial charge in [0.2, 0.25) is 0 Å². The van der Waals surface area contributed by atoms with E-state index in [9.17, 15) is 9.50 Å². The maximum atomic E-state index is 12.1. The molecule has 1 rings (SSSR count). The molecule has 0 bridgehead atoms. The van der Waals surface area contributed by atoms with Crippen LogP contribution in [0.2, 0.25) is 0 Å². The third-order valence-electron chi connectivity index (χ3n) is 2.45. The van der Waals surface area contributed by atoms with Gasteiger partial charge in [-0.3, -0.25) is 4.90 Å². The van der Waals surface area contributed by atoms with Crippen molar-refractivity contribution in [1.82, 2.24) is 9.80 Å². The van der Waals surface area contributed by atoms with Gasteiger partial charge in [-0.25, -0.2) is 4.39 Å². The van der Waals surface area contributed by atoms with E-state index in [1.54, 1.807) is 0 Å². The molecule has 2 unspecified atom stereocenters. The zero-order chi connectivity index (χ0) is 9.84. The fraction of sp³-hybridized carbons (Fsp3) is 1.00. The third kappa shape index (κ3) is 3.21. The highest BCUT2D eigenvalue weighted by Crippen LogP contribution is 2.17. The van der Waals surface area contributed by atoms with E-state index < -0.39 is 0 Å². The van der Waals surface area contributed by atoms with Gasteiger partial charge in [0.25, 0.3) is 0 Å². The van der Waals surface area contributed by atoms with Gasteiger partial charge in [-0.05, 0) is 20.5 Å². The SMILES string of the molecule is CN(C)CC1CC(O)CN1CCF. The van der Waals surface area contributed by atoms with Gasteiger partial charge in [-0.2, -0.15) is 0 Å². The van der Waals surface area contributed by atoms with Crippen LogP contribution >= 0.6 is 0 Å². The molecule has 2 atom stereocenters. The zero-order valence-electron chi connectivity index (χ0n) is 8.41. The number of likely N-dealkylation sites (tertiary alicyclic amines) is 1. The van der Waals surface area contributed by atoms with E-state index in [2.05, 4.69) is 4.90 Å². The molecule has 1 N–H and O–H groups in total. The highest BCUT2D eigenvalue weighted by Gasteiger charge is 2.30. The Balaban J connectivity index is 2.40. The molecule has 1 heterocycles. The van der Waals surface area contributed by atoms with Crippen molar-refractivity contribution in [3.63, 3.8) is 0 Å². The standard InChI is InChI=1S/C9H19FN2O/c1-11(2)6-8-5-9(13)7-12(8)4-3-10/h8-9,13H,3-7H2,1-2H3. The lowest BCUT2D eigenvalue weighted by Crippen LogP contribution is -2.38. The maximum absolute atomic E-state index is 12.1. The summed E-state index contributed by atoms with van der Waals surface area (Å²) in [7, 11) is 4.00. The van der Waals surface area contributed by atoms with E-state index in [-0.39, 0.29) is 12.8 Å². The molecule has 0 spiro atoms. The molecule has 0 aromatic rings. The summed E-state index contributed by atoms with van der Waals surface area (Å²) in [6, 6.07) is 0.320. The molecule has 1 aliphatic rings. The first kappa shape index (κ1) is 10.9. The first-order valence-electron chi connectivity index (χ1n) is 4.76. The Kier molecular flexibility index (Phi) is 4.09. The predicted octanol–water partition coefficient (Wildman–Crippen LogP) is -0.0473. The quantitative estimate of drug-likeness (QED) is 0.673. The summed E-state index contributed by atoms with van der Waals surface area (Å²) in [5.74, 6) is 0. The van der Waals surface area contributed by atoms with Crippen molar-refractivity contribution in [2.24, 2.45) is 0 Å². The van der Waals surface area contributed by atoms with E-state index in [0.717, 1.165) is 13.0 Å². The fourth-order valence-electron chi connectivity index (χ4n) is 1.95. The molecule has 0 aliphatic carbocycles. The Labute approximate surface area is 79.1 Å². The number of aliphatic hydroxyl groups is 1. The molecule has 0 aromatic carbocycles. The monoisotopic (exact) mass is 190 g/mol.